The van der Waals surface area contributed by atoms with E-state index in [2.05, 4.69) is 5.32 Å². The highest BCUT2D eigenvalue weighted by molar-refractivity contribution is 7.88. The molecule has 0 aliphatic carbocycles. The topological polar surface area (TPSA) is 69.7 Å². The molecule has 1 aliphatic heterocycles. The highest BCUT2D eigenvalue weighted by atomic mass is 32.2. The number of amides is 1. The predicted octanol–water partition coefficient (Wildman–Crippen LogP) is 1.49. The summed E-state index contributed by atoms with van der Waals surface area (Å²) in [4.78, 5) is 14.1. The van der Waals surface area contributed by atoms with Crippen LogP contribution in [0.4, 0.5) is 0 Å². The number of rotatable bonds is 8. The number of piperazine rings is 1. The summed E-state index contributed by atoms with van der Waals surface area (Å²) in [6.45, 7) is 2.90. The normalized spacial score (nSPS) is 16.0. The van der Waals surface area contributed by atoms with Crippen LogP contribution in [0, 0.1) is 0 Å². The second kappa shape index (κ2) is 9.82. The first-order valence-electron chi connectivity index (χ1n) is 9.58. The largest absolute Gasteiger partial charge is 0.355 e. The van der Waals surface area contributed by atoms with Crippen molar-refractivity contribution in [2.24, 2.45) is 0 Å². The van der Waals surface area contributed by atoms with Crippen molar-refractivity contribution < 1.29 is 13.2 Å². The highest BCUT2D eigenvalue weighted by Gasteiger charge is 2.27. The van der Waals surface area contributed by atoms with Gasteiger partial charge in [0.15, 0.2) is 0 Å². The Morgan fingerprint density at radius 3 is 2.04 bits per heavy atom. The van der Waals surface area contributed by atoms with Gasteiger partial charge in [-0.05, 0) is 17.5 Å². The van der Waals surface area contributed by atoms with Crippen molar-refractivity contribution in [2.75, 3.05) is 39.3 Å². The molecule has 2 aromatic carbocycles. The van der Waals surface area contributed by atoms with Crippen LogP contribution >= 0.6 is 0 Å². The Balaban J connectivity index is 1.39. The summed E-state index contributed by atoms with van der Waals surface area (Å²) < 4.78 is 26.7. The van der Waals surface area contributed by atoms with E-state index in [4.69, 9.17) is 0 Å². The molecule has 2 aromatic rings. The molecular formula is C21H27N3O3S. The Hall–Kier alpha value is -2.22. The molecule has 6 nitrogen and oxygen atoms in total. The van der Waals surface area contributed by atoms with Gasteiger partial charge in [0.1, 0.15) is 0 Å². The van der Waals surface area contributed by atoms with Gasteiger partial charge in [-0.2, -0.15) is 4.31 Å². The fraction of sp³-hybridized carbons (Fsp3) is 0.381. The maximum Gasteiger partial charge on any atom is 0.234 e. The molecule has 150 valence electrons. The third-order valence-electron chi connectivity index (χ3n) is 4.86. The Kier molecular flexibility index (Phi) is 7.19. The molecule has 0 aromatic heterocycles. The molecule has 0 bridgehead atoms. The number of sulfonamides is 1. The second-order valence-electron chi connectivity index (χ2n) is 7.00. The molecule has 1 heterocycles. The van der Waals surface area contributed by atoms with Gasteiger partial charge in [-0.3, -0.25) is 9.69 Å². The highest BCUT2D eigenvalue weighted by Crippen LogP contribution is 2.13. The number of carbonyl (C=O) groups is 1. The van der Waals surface area contributed by atoms with Crippen LogP contribution in [0.2, 0.25) is 0 Å². The lowest BCUT2D eigenvalue weighted by atomic mass is 10.1. The van der Waals surface area contributed by atoms with Crippen LogP contribution in [0.1, 0.15) is 11.1 Å². The zero-order chi connectivity index (χ0) is 19.8. The van der Waals surface area contributed by atoms with Gasteiger partial charge >= 0.3 is 0 Å². The fourth-order valence-electron chi connectivity index (χ4n) is 3.29. The summed E-state index contributed by atoms with van der Waals surface area (Å²) in [6, 6.07) is 19.3. The molecule has 0 atom stereocenters. The molecule has 0 unspecified atom stereocenters. The van der Waals surface area contributed by atoms with E-state index in [0.29, 0.717) is 39.3 Å². The molecule has 0 radical (unpaired) electrons. The smallest absolute Gasteiger partial charge is 0.234 e. The minimum absolute atomic E-state index is 0.0171. The third kappa shape index (κ3) is 6.15. The van der Waals surface area contributed by atoms with E-state index >= 15 is 0 Å². The standard InChI is InChI=1S/C21H27N3O3S/c25-21(22-12-11-19-7-3-1-4-8-19)17-23-13-15-24(16-14-23)28(26,27)18-20-9-5-2-6-10-20/h1-10H,11-18H2,(H,22,25). The van der Waals surface area contributed by atoms with Crippen molar-refractivity contribution in [1.82, 2.24) is 14.5 Å². The van der Waals surface area contributed by atoms with Crippen LogP contribution in [0.25, 0.3) is 0 Å². The minimum atomic E-state index is -3.33. The molecule has 3 rings (SSSR count). The Morgan fingerprint density at radius 1 is 0.857 bits per heavy atom. The SMILES string of the molecule is O=C(CN1CCN(S(=O)(=O)Cc2ccccc2)CC1)NCCc1ccccc1. The van der Waals surface area contributed by atoms with Crippen molar-refractivity contribution >= 4 is 15.9 Å². The van der Waals surface area contributed by atoms with E-state index in [-0.39, 0.29) is 11.7 Å². The van der Waals surface area contributed by atoms with Crippen molar-refractivity contribution in [2.45, 2.75) is 12.2 Å². The summed E-state index contributed by atoms with van der Waals surface area (Å²) in [5.41, 5.74) is 1.99. The van der Waals surface area contributed by atoms with Crippen molar-refractivity contribution in [1.29, 1.82) is 0 Å². The molecular weight excluding hydrogens is 374 g/mol. The van der Waals surface area contributed by atoms with Gasteiger partial charge in [-0.15, -0.1) is 0 Å². The molecule has 1 saturated heterocycles. The summed E-state index contributed by atoms with van der Waals surface area (Å²) in [5, 5.41) is 2.94. The summed E-state index contributed by atoms with van der Waals surface area (Å²) in [7, 11) is -3.33. The first kappa shape index (κ1) is 20.5. The Labute approximate surface area is 167 Å². The lowest BCUT2D eigenvalue weighted by molar-refractivity contribution is -0.122. The number of nitrogens with one attached hydrogen (secondary N) is 1. The quantitative estimate of drug-likeness (QED) is 0.728. The number of nitrogens with zero attached hydrogens (tertiary/aromatic N) is 2. The van der Waals surface area contributed by atoms with Crippen LogP contribution in [0.5, 0.6) is 0 Å². The minimum Gasteiger partial charge on any atom is -0.355 e. The van der Waals surface area contributed by atoms with E-state index in [1.54, 1.807) is 0 Å². The third-order valence-corrected chi connectivity index (χ3v) is 6.71. The Bertz CT molecular complexity index is 849. The lowest BCUT2D eigenvalue weighted by Gasteiger charge is -2.33. The van der Waals surface area contributed by atoms with Crippen LogP contribution in [0.3, 0.4) is 0 Å². The van der Waals surface area contributed by atoms with E-state index < -0.39 is 10.0 Å². The van der Waals surface area contributed by atoms with Crippen molar-refractivity contribution in [3.05, 3.63) is 71.8 Å². The maximum absolute atomic E-state index is 12.6. The average molecular weight is 402 g/mol. The molecule has 0 saturated carbocycles. The number of carbonyl (C=O) groups excluding carboxylic acids is 1. The zero-order valence-electron chi connectivity index (χ0n) is 16.0. The van der Waals surface area contributed by atoms with Gasteiger partial charge in [0.2, 0.25) is 15.9 Å². The van der Waals surface area contributed by atoms with Gasteiger partial charge in [-0.25, -0.2) is 8.42 Å². The average Bonchev–Trinajstić information content (AvgIpc) is 2.70. The maximum atomic E-state index is 12.6. The zero-order valence-corrected chi connectivity index (χ0v) is 16.8. The molecule has 28 heavy (non-hydrogen) atoms. The number of benzene rings is 2. The van der Waals surface area contributed by atoms with Gasteiger partial charge in [0.05, 0.1) is 12.3 Å². The van der Waals surface area contributed by atoms with Gasteiger partial charge < -0.3 is 5.32 Å². The molecule has 0 spiro atoms. The Morgan fingerprint density at radius 2 is 1.43 bits per heavy atom. The van der Waals surface area contributed by atoms with Crippen molar-refractivity contribution in [3.8, 4) is 0 Å². The van der Waals surface area contributed by atoms with E-state index in [1.165, 1.54) is 9.87 Å². The molecule has 7 heteroatoms. The monoisotopic (exact) mass is 401 g/mol. The molecule has 1 N–H and O–H groups in total. The number of hydrogen-bond acceptors (Lipinski definition) is 4. The predicted molar refractivity (Wildman–Crippen MR) is 110 cm³/mol. The van der Waals surface area contributed by atoms with Crippen LogP contribution in [0.15, 0.2) is 60.7 Å². The van der Waals surface area contributed by atoms with E-state index in [0.717, 1.165) is 12.0 Å². The van der Waals surface area contributed by atoms with Crippen LogP contribution in [-0.4, -0.2) is 62.8 Å². The van der Waals surface area contributed by atoms with Crippen LogP contribution in [-0.2, 0) is 27.0 Å². The second-order valence-corrected chi connectivity index (χ2v) is 8.97. The summed E-state index contributed by atoms with van der Waals surface area (Å²) in [6.07, 6.45) is 0.804. The van der Waals surface area contributed by atoms with Gasteiger partial charge in [-0.1, -0.05) is 60.7 Å². The summed E-state index contributed by atoms with van der Waals surface area (Å²) in [5.74, 6) is 0.00453. The van der Waals surface area contributed by atoms with E-state index in [1.807, 2.05) is 65.6 Å². The first-order valence-corrected chi connectivity index (χ1v) is 11.2. The summed E-state index contributed by atoms with van der Waals surface area (Å²) >= 11 is 0. The van der Waals surface area contributed by atoms with Gasteiger partial charge in [0.25, 0.3) is 0 Å². The molecule has 1 amide bonds. The van der Waals surface area contributed by atoms with E-state index in [9.17, 15) is 13.2 Å². The first-order chi connectivity index (χ1) is 13.5. The van der Waals surface area contributed by atoms with Crippen LogP contribution < -0.4 is 5.32 Å². The fourth-order valence-corrected chi connectivity index (χ4v) is 4.81. The van der Waals surface area contributed by atoms with Crippen molar-refractivity contribution in [3.63, 3.8) is 0 Å². The van der Waals surface area contributed by atoms with Gasteiger partial charge in [0, 0.05) is 32.7 Å². The number of hydrogen-bond donors (Lipinski definition) is 1. The molecule has 1 fully saturated rings. The molecule has 1 aliphatic rings. The lowest BCUT2D eigenvalue weighted by Crippen LogP contribution is -2.51.